The normalized spacial score (nSPS) is 20.5. The fourth-order valence-corrected chi connectivity index (χ4v) is 1.72. The molecule has 0 amide bonds. The Morgan fingerprint density at radius 1 is 1.53 bits per heavy atom. The molecule has 1 aromatic carbocycles. The van der Waals surface area contributed by atoms with Gasteiger partial charge in [0.25, 0.3) is 0 Å². The van der Waals surface area contributed by atoms with E-state index in [0.29, 0.717) is 5.69 Å². The van der Waals surface area contributed by atoms with Crippen LogP contribution >= 0.6 is 0 Å². The zero-order valence-corrected chi connectivity index (χ0v) is 8.50. The Bertz CT molecular complexity index is 337. The molecule has 0 unspecified atom stereocenters. The average molecular weight is 210 g/mol. The van der Waals surface area contributed by atoms with Gasteiger partial charge in [0.2, 0.25) is 0 Å². The van der Waals surface area contributed by atoms with Crippen LogP contribution in [0, 0.1) is 5.82 Å². The number of benzene rings is 1. The van der Waals surface area contributed by atoms with Gasteiger partial charge in [-0.1, -0.05) is 0 Å². The van der Waals surface area contributed by atoms with Crippen LogP contribution in [0.15, 0.2) is 18.2 Å². The van der Waals surface area contributed by atoms with Crippen molar-refractivity contribution in [3.8, 4) is 0 Å². The van der Waals surface area contributed by atoms with E-state index in [9.17, 15) is 4.39 Å². The Morgan fingerprint density at radius 2 is 2.40 bits per heavy atom. The minimum atomic E-state index is -0.310. The van der Waals surface area contributed by atoms with E-state index in [1.54, 1.807) is 6.07 Å². The summed E-state index contributed by atoms with van der Waals surface area (Å²) in [6.07, 6.45) is 2.45. The molecule has 1 atom stereocenters. The van der Waals surface area contributed by atoms with Crippen LogP contribution in [0.1, 0.15) is 12.8 Å². The summed E-state index contributed by atoms with van der Waals surface area (Å²) in [5, 5.41) is 3.17. The molecule has 1 fully saturated rings. The van der Waals surface area contributed by atoms with Gasteiger partial charge >= 0.3 is 0 Å². The smallest absolute Gasteiger partial charge is 0.125 e. The third-order valence-corrected chi connectivity index (χ3v) is 2.56. The number of nitrogens with two attached hydrogens (primary N) is 1. The van der Waals surface area contributed by atoms with Crippen molar-refractivity contribution in [3.63, 3.8) is 0 Å². The lowest BCUT2D eigenvalue weighted by atomic mass is 10.2. The van der Waals surface area contributed by atoms with Crippen LogP contribution in [0.5, 0.6) is 0 Å². The van der Waals surface area contributed by atoms with E-state index in [0.717, 1.165) is 31.7 Å². The zero-order valence-electron chi connectivity index (χ0n) is 8.50. The fraction of sp³-hybridized carbons (Fsp3) is 0.455. The molecular formula is C11H15FN2O. The van der Waals surface area contributed by atoms with Crippen molar-refractivity contribution in [1.82, 2.24) is 0 Å². The van der Waals surface area contributed by atoms with Crippen LogP contribution in [0.4, 0.5) is 15.8 Å². The molecule has 0 spiro atoms. The molecular weight excluding hydrogens is 195 g/mol. The van der Waals surface area contributed by atoms with Crippen molar-refractivity contribution in [2.24, 2.45) is 0 Å². The summed E-state index contributed by atoms with van der Waals surface area (Å²) in [5.41, 5.74) is 6.87. The fourth-order valence-electron chi connectivity index (χ4n) is 1.72. The quantitative estimate of drug-likeness (QED) is 0.750. The number of rotatable bonds is 3. The largest absolute Gasteiger partial charge is 0.397 e. The number of hydrogen-bond donors (Lipinski definition) is 2. The van der Waals surface area contributed by atoms with Gasteiger partial charge in [0.05, 0.1) is 17.5 Å². The van der Waals surface area contributed by atoms with E-state index >= 15 is 0 Å². The van der Waals surface area contributed by atoms with Gasteiger partial charge in [0.15, 0.2) is 0 Å². The second-order valence-electron chi connectivity index (χ2n) is 3.75. The molecule has 1 aromatic rings. The Labute approximate surface area is 88.4 Å². The Balaban J connectivity index is 1.92. The summed E-state index contributed by atoms with van der Waals surface area (Å²) >= 11 is 0. The third-order valence-electron chi connectivity index (χ3n) is 2.56. The summed E-state index contributed by atoms with van der Waals surface area (Å²) in [7, 11) is 0. The molecule has 0 radical (unpaired) electrons. The highest BCUT2D eigenvalue weighted by atomic mass is 19.1. The summed E-state index contributed by atoms with van der Waals surface area (Å²) in [4.78, 5) is 0. The van der Waals surface area contributed by atoms with Crippen molar-refractivity contribution in [2.45, 2.75) is 18.9 Å². The summed E-state index contributed by atoms with van der Waals surface area (Å²) in [6, 6.07) is 4.37. The first-order valence-electron chi connectivity index (χ1n) is 5.16. The van der Waals surface area contributed by atoms with E-state index in [1.807, 2.05) is 0 Å². The van der Waals surface area contributed by atoms with E-state index in [1.165, 1.54) is 12.1 Å². The molecule has 1 aliphatic heterocycles. The lowest BCUT2D eigenvalue weighted by Crippen LogP contribution is -2.18. The standard InChI is InChI=1S/C11H15FN2O/c12-8-3-4-11(10(13)6-8)14-7-9-2-1-5-15-9/h3-4,6,9,14H,1-2,5,7,13H2/t9-/m1/s1. The van der Waals surface area contributed by atoms with E-state index < -0.39 is 0 Å². The highest BCUT2D eigenvalue weighted by molar-refractivity contribution is 5.65. The minimum Gasteiger partial charge on any atom is -0.397 e. The zero-order chi connectivity index (χ0) is 10.7. The molecule has 82 valence electrons. The lowest BCUT2D eigenvalue weighted by Gasteiger charge is -2.13. The first kappa shape index (κ1) is 10.2. The van der Waals surface area contributed by atoms with Crippen molar-refractivity contribution < 1.29 is 9.13 Å². The third kappa shape index (κ3) is 2.59. The molecule has 0 saturated carbocycles. The first-order chi connectivity index (χ1) is 7.25. The number of anilines is 2. The molecule has 0 bridgehead atoms. The van der Waals surface area contributed by atoms with Crippen LogP contribution in [-0.2, 0) is 4.74 Å². The maximum Gasteiger partial charge on any atom is 0.125 e. The predicted molar refractivity (Wildman–Crippen MR) is 58.3 cm³/mol. The van der Waals surface area contributed by atoms with Gasteiger partial charge < -0.3 is 15.8 Å². The van der Waals surface area contributed by atoms with Gasteiger partial charge in [-0.2, -0.15) is 0 Å². The lowest BCUT2D eigenvalue weighted by molar-refractivity contribution is 0.120. The van der Waals surface area contributed by atoms with Crippen LogP contribution in [0.3, 0.4) is 0 Å². The highest BCUT2D eigenvalue weighted by Gasteiger charge is 2.15. The van der Waals surface area contributed by atoms with Crippen LogP contribution in [0.2, 0.25) is 0 Å². The monoisotopic (exact) mass is 210 g/mol. The molecule has 3 nitrogen and oxygen atoms in total. The summed E-state index contributed by atoms with van der Waals surface area (Å²) in [5.74, 6) is -0.310. The maximum absolute atomic E-state index is 12.8. The van der Waals surface area contributed by atoms with Gasteiger partial charge in [-0.05, 0) is 31.0 Å². The van der Waals surface area contributed by atoms with Gasteiger partial charge in [-0.25, -0.2) is 4.39 Å². The number of ether oxygens (including phenoxy) is 1. The molecule has 1 heterocycles. The molecule has 1 aliphatic rings. The first-order valence-corrected chi connectivity index (χ1v) is 5.16. The minimum absolute atomic E-state index is 0.259. The SMILES string of the molecule is Nc1cc(F)ccc1NC[C@H]1CCCO1. The molecule has 15 heavy (non-hydrogen) atoms. The molecule has 0 aliphatic carbocycles. The van der Waals surface area contributed by atoms with Gasteiger partial charge in [0, 0.05) is 13.2 Å². The Kier molecular flexibility index (Phi) is 3.06. The second kappa shape index (κ2) is 4.49. The summed E-state index contributed by atoms with van der Waals surface area (Å²) in [6.45, 7) is 1.57. The van der Waals surface area contributed by atoms with Crippen molar-refractivity contribution >= 4 is 11.4 Å². The van der Waals surface area contributed by atoms with E-state index in [2.05, 4.69) is 5.32 Å². The maximum atomic E-state index is 12.8. The Hall–Kier alpha value is -1.29. The number of hydrogen-bond acceptors (Lipinski definition) is 3. The van der Waals surface area contributed by atoms with Crippen LogP contribution in [-0.4, -0.2) is 19.3 Å². The van der Waals surface area contributed by atoms with Crippen molar-refractivity contribution in [2.75, 3.05) is 24.2 Å². The van der Waals surface area contributed by atoms with E-state index in [4.69, 9.17) is 10.5 Å². The van der Waals surface area contributed by atoms with Gasteiger partial charge in [-0.3, -0.25) is 0 Å². The molecule has 1 saturated heterocycles. The van der Waals surface area contributed by atoms with Gasteiger partial charge in [0.1, 0.15) is 5.82 Å². The number of nitrogens with one attached hydrogen (secondary N) is 1. The molecule has 3 N–H and O–H groups in total. The number of nitrogen functional groups attached to an aromatic ring is 1. The molecule has 0 aromatic heterocycles. The topological polar surface area (TPSA) is 47.3 Å². The van der Waals surface area contributed by atoms with Crippen LogP contribution in [0.25, 0.3) is 0 Å². The van der Waals surface area contributed by atoms with Crippen LogP contribution < -0.4 is 11.1 Å². The predicted octanol–water partition coefficient (Wildman–Crippen LogP) is 2.00. The Morgan fingerprint density at radius 3 is 3.07 bits per heavy atom. The average Bonchev–Trinajstić information content (AvgIpc) is 2.69. The highest BCUT2D eigenvalue weighted by Crippen LogP contribution is 2.20. The molecule has 2 rings (SSSR count). The van der Waals surface area contributed by atoms with E-state index in [-0.39, 0.29) is 11.9 Å². The van der Waals surface area contributed by atoms with Gasteiger partial charge in [-0.15, -0.1) is 0 Å². The second-order valence-corrected chi connectivity index (χ2v) is 3.75. The van der Waals surface area contributed by atoms with Crippen molar-refractivity contribution in [1.29, 1.82) is 0 Å². The summed E-state index contributed by atoms with van der Waals surface area (Å²) < 4.78 is 18.2. The molecule has 4 heteroatoms. The van der Waals surface area contributed by atoms with Crippen molar-refractivity contribution in [3.05, 3.63) is 24.0 Å². The number of halogens is 1.